The van der Waals surface area contributed by atoms with E-state index in [1.165, 1.54) is 18.1 Å². The Morgan fingerprint density at radius 1 is 1.38 bits per heavy atom. The molecular formula is C13H15NO2. The number of Topliss-reactive ketones (excluding diaryl/α,β-unsaturated/α-hetero) is 1. The lowest BCUT2D eigenvalue weighted by atomic mass is 9.94. The monoisotopic (exact) mass is 217 g/mol. The van der Waals surface area contributed by atoms with Crippen LogP contribution in [-0.2, 0) is 22.4 Å². The van der Waals surface area contributed by atoms with E-state index in [4.69, 9.17) is 0 Å². The fourth-order valence-electron chi connectivity index (χ4n) is 2.49. The van der Waals surface area contributed by atoms with Crippen LogP contribution in [-0.4, -0.2) is 18.2 Å². The highest BCUT2D eigenvalue weighted by Gasteiger charge is 2.30. The fourth-order valence-corrected chi connectivity index (χ4v) is 2.49. The van der Waals surface area contributed by atoms with Crippen LogP contribution in [0.4, 0.5) is 0 Å². The van der Waals surface area contributed by atoms with E-state index >= 15 is 0 Å². The summed E-state index contributed by atoms with van der Waals surface area (Å²) < 4.78 is 0. The Labute approximate surface area is 94.9 Å². The molecule has 3 nitrogen and oxygen atoms in total. The summed E-state index contributed by atoms with van der Waals surface area (Å²) in [7, 11) is 0. The first-order chi connectivity index (χ1) is 7.72. The van der Waals surface area contributed by atoms with Crippen LogP contribution in [0, 0.1) is 5.92 Å². The summed E-state index contributed by atoms with van der Waals surface area (Å²) in [6, 6.07) is 7.86. The van der Waals surface area contributed by atoms with Gasteiger partial charge < -0.3 is 5.32 Å². The summed E-state index contributed by atoms with van der Waals surface area (Å²) in [4.78, 5) is 21.9. The number of hydrogen-bond acceptors (Lipinski definition) is 2. The number of ketones is 1. The van der Waals surface area contributed by atoms with Gasteiger partial charge in [0.05, 0.1) is 6.04 Å². The Balaban J connectivity index is 2.15. The van der Waals surface area contributed by atoms with Crippen molar-refractivity contribution in [1.29, 1.82) is 0 Å². The van der Waals surface area contributed by atoms with Crippen molar-refractivity contribution in [2.24, 2.45) is 5.92 Å². The van der Waals surface area contributed by atoms with Crippen molar-refractivity contribution in [1.82, 2.24) is 5.32 Å². The molecule has 0 heterocycles. The quantitative estimate of drug-likeness (QED) is 0.768. The minimum atomic E-state index is -0.343. The average Bonchev–Trinajstić information content (AvgIpc) is 2.68. The van der Waals surface area contributed by atoms with Gasteiger partial charge in [-0.05, 0) is 36.8 Å². The second-order valence-electron chi connectivity index (χ2n) is 4.31. The maximum Gasteiger partial charge on any atom is 0.207 e. The molecule has 3 heteroatoms. The van der Waals surface area contributed by atoms with E-state index in [2.05, 4.69) is 17.4 Å². The summed E-state index contributed by atoms with van der Waals surface area (Å²) in [6.07, 6.45) is 2.37. The topological polar surface area (TPSA) is 46.2 Å². The molecule has 0 saturated heterocycles. The molecule has 0 aromatic heterocycles. The van der Waals surface area contributed by atoms with Gasteiger partial charge in [0, 0.05) is 0 Å². The summed E-state index contributed by atoms with van der Waals surface area (Å²) in [5.41, 5.74) is 2.60. The van der Waals surface area contributed by atoms with Crippen LogP contribution in [0.15, 0.2) is 24.3 Å². The molecule has 0 radical (unpaired) electrons. The zero-order valence-electron chi connectivity index (χ0n) is 9.27. The third kappa shape index (κ3) is 1.98. The molecule has 0 aliphatic heterocycles. The van der Waals surface area contributed by atoms with Gasteiger partial charge in [-0.2, -0.15) is 0 Å². The summed E-state index contributed by atoms with van der Waals surface area (Å²) in [5, 5.41) is 2.63. The SMILES string of the molecule is CC(=O)C(NC=O)C1Cc2ccccc2C1. The number of carbonyl (C=O) groups is 2. The maximum atomic E-state index is 11.5. The Bertz CT molecular complexity index is 389. The Hall–Kier alpha value is -1.64. The highest BCUT2D eigenvalue weighted by Crippen LogP contribution is 2.28. The Kier molecular flexibility index (Phi) is 3.04. The predicted octanol–water partition coefficient (Wildman–Crippen LogP) is 1.10. The first-order valence-electron chi connectivity index (χ1n) is 5.49. The number of carbonyl (C=O) groups excluding carboxylic acids is 2. The predicted molar refractivity (Wildman–Crippen MR) is 61.0 cm³/mol. The van der Waals surface area contributed by atoms with Gasteiger partial charge >= 0.3 is 0 Å². The number of amides is 1. The Morgan fingerprint density at radius 3 is 2.38 bits per heavy atom. The van der Waals surface area contributed by atoms with E-state index in [9.17, 15) is 9.59 Å². The molecule has 0 saturated carbocycles. The van der Waals surface area contributed by atoms with E-state index in [1.807, 2.05) is 12.1 Å². The van der Waals surface area contributed by atoms with Crippen molar-refractivity contribution >= 4 is 12.2 Å². The van der Waals surface area contributed by atoms with E-state index < -0.39 is 0 Å². The molecule has 1 unspecified atom stereocenters. The summed E-state index contributed by atoms with van der Waals surface area (Å²) in [5.74, 6) is 0.241. The van der Waals surface area contributed by atoms with Crippen molar-refractivity contribution in [2.45, 2.75) is 25.8 Å². The molecule has 1 amide bonds. The van der Waals surface area contributed by atoms with Crippen molar-refractivity contribution < 1.29 is 9.59 Å². The zero-order valence-corrected chi connectivity index (χ0v) is 9.27. The number of nitrogens with one attached hydrogen (secondary N) is 1. The standard InChI is InChI=1S/C13H15NO2/c1-9(16)13(14-8-15)12-6-10-4-2-3-5-11(10)7-12/h2-5,8,12-13H,6-7H2,1H3,(H,14,15). The number of fused-ring (bicyclic) bond motifs is 1. The van der Waals surface area contributed by atoms with Crippen LogP contribution in [0.3, 0.4) is 0 Å². The third-order valence-corrected chi connectivity index (χ3v) is 3.24. The van der Waals surface area contributed by atoms with Crippen LogP contribution >= 0.6 is 0 Å². The first kappa shape index (κ1) is 10.9. The van der Waals surface area contributed by atoms with Crippen LogP contribution in [0.1, 0.15) is 18.1 Å². The minimum absolute atomic E-state index is 0.0323. The van der Waals surface area contributed by atoms with E-state index in [0.717, 1.165) is 12.8 Å². The molecule has 84 valence electrons. The van der Waals surface area contributed by atoms with Gasteiger partial charge in [-0.3, -0.25) is 9.59 Å². The molecule has 1 aromatic rings. The number of benzene rings is 1. The zero-order chi connectivity index (χ0) is 11.5. The van der Waals surface area contributed by atoms with Crippen molar-refractivity contribution in [2.75, 3.05) is 0 Å². The molecule has 16 heavy (non-hydrogen) atoms. The van der Waals surface area contributed by atoms with Gasteiger partial charge in [-0.25, -0.2) is 0 Å². The van der Waals surface area contributed by atoms with Crippen molar-refractivity contribution in [3.8, 4) is 0 Å². The summed E-state index contributed by atoms with van der Waals surface area (Å²) in [6.45, 7) is 1.53. The smallest absolute Gasteiger partial charge is 0.207 e. The second kappa shape index (κ2) is 4.47. The van der Waals surface area contributed by atoms with Crippen LogP contribution in [0.2, 0.25) is 0 Å². The van der Waals surface area contributed by atoms with Crippen molar-refractivity contribution in [3.05, 3.63) is 35.4 Å². The Morgan fingerprint density at radius 2 is 1.94 bits per heavy atom. The van der Waals surface area contributed by atoms with E-state index in [0.29, 0.717) is 6.41 Å². The van der Waals surface area contributed by atoms with Crippen LogP contribution in [0.5, 0.6) is 0 Å². The highest BCUT2D eigenvalue weighted by atomic mass is 16.1. The largest absolute Gasteiger partial charge is 0.349 e. The number of rotatable bonds is 4. The van der Waals surface area contributed by atoms with Crippen molar-refractivity contribution in [3.63, 3.8) is 0 Å². The van der Waals surface area contributed by atoms with Gasteiger partial charge in [0.25, 0.3) is 0 Å². The average molecular weight is 217 g/mol. The minimum Gasteiger partial charge on any atom is -0.349 e. The van der Waals surface area contributed by atoms with Gasteiger partial charge in [0.15, 0.2) is 5.78 Å². The van der Waals surface area contributed by atoms with Gasteiger partial charge in [-0.15, -0.1) is 0 Å². The maximum absolute atomic E-state index is 11.5. The lowest BCUT2D eigenvalue weighted by Gasteiger charge is -2.19. The van der Waals surface area contributed by atoms with Gasteiger partial charge in [-0.1, -0.05) is 24.3 Å². The molecule has 1 N–H and O–H groups in total. The molecule has 0 fully saturated rings. The van der Waals surface area contributed by atoms with E-state index in [-0.39, 0.29) is 17.7 Å². The lowest BCUT2D eigenvalue weighted by molar-refractivity contribution is -0.123. The lowest BCUT2D eigenvalue weighted by Crippen LogP contribution is -2.41. The van der Waals surface area contributed by atoms with E-state index in [1.54, 1.807) is 0 Å². The molecule has 1 aliphatic rings. The second-order valence-corrected chi connectivity index (χ2v) is 4.31. The third-order valence-electron chi connectivity index (χ3n) is 3.24. The fraction of sp³-hybridized carbons (Fsp3) is 0.385. The molecule has 2 rings (SSSR count). The highest BCUT2D eigenvalue weighted by molar-refractivity contribution is 5.83. The summed E-state index contributed by atoms with van der Waals surface area (Å²) >= 11 is 0. The normalized spacial score (nSPS) is 16.6. The number of hydrogen-bond donors (Lipinski definition) is 1. The molecule has 1 aliphatic carbocycles. The molecule has 1 atom stereocenters. The van der Waals surface area contributed by atoms with Gasteiger partial charge in [0.1, 0.15) is 0 Å². The van der Waals surface area contributed by atoms with Crippen LogP contribution in [0.25, 0.3) is 0 Å². The molecule has 0 bridgehead atoms. The van der Waals surface area contributed by atoms with Crippen LogP contribution < -0.4 is 5.32 Å². The first-order valence-corrected chi connectivity index (χ1v) is 5.49. The molecule has 0 spiro atoms. The van der Waals surface area contributed by atoms with Gasteiger partial charge in [0.2, 0.25) is 6.41 Å². The molecular weight excluding hydrogens is 202 g/mol. The molecule has 1 aromatic carbocycles.